The summed E-state index contributed by atoms with van der Waals surface area (Å²) in [6.07, 6.45) is 7.89. The Morgan fingerprint density at radius 2 is 2.00 bits per heavy atom. The third kappa shape index (κ3) is 4.09. The van der Waals surface area contributed by atoms with Crippen molar-refractivity contribution in [1.29, 1.82) is 0 Å². The Morgan fingerprint density at radius 3 is 2.75 bits per heavy atom. The fourth-order valence-electron chi connectivity index (χ4n) is 3.53. The molecule has 2 unspecified atom stereocenters. The van der Waals surface area contributed by atoms with E-state index < -0.39 is 0 Å². The van der Waals surface area contributed by atoms with Crippen LogP contribution in [0.15, 0.2) is 24.3 Å². The first-order chi connectivity index (χ1) is 9.72. The van der Waals surface area contributed by atoms with E-state index in [0.717, 1.165) is 18.4 Å². The maximum absolute atomic E-state index is 3.83. The molecule has 1 nitrogen and oxygen atoms in total. The van der Waals surface area contributed by atoms with Gasteiger partial charge in [0, 0.05) is 6.04 Å². The first-order valence-electron chi connectivity index (χ1n) is 8.53. The molecule has 1 aliphatic carbocycles. The molecule has 0 aromatic heterocycles. The van der Waals surface area contributed by atoms with Crippen LogP contribution in [0.25, 0.3) is 0 Å². The molecule has 0 spiro atoms. The summed E-state index contributed by atoms with van der Waals surface area (Å²) in [6, 6.07) is 9.75. The standard InChI is InChI=1S/C19H31N/c1-4-14-20-19(11-7-8-15(2)3)18-13-12-16-9-5-6-10-17(16)18/h5-6,9-10,15,18-20H,4,7-8,11-14H2,1-3H3. The number of aryl methyl sites for hydroxylation is 1. The van der Waals surface area contributed by atoms with Gasteiger partial charge < -0.3 is 5.32 Å². The summed E-state index contributed by atoms with van der Waals surface area (Å²) in [5.74, 6) is 1.57. The van der Waals surface area contributed by atoms with Gasteiger partial charge in [0.2, 0.25) is 0 Å². The molecule has 1 aromatic rings. The molecule has 2 rings (SSSR count). The second kappa shape index (κ2) is 7.83. The summed E-state index contributed by atoms with van der Waals surface area (Å²) in [5.41, 5.74) is 3.20. The van der Waals surface area contributed by atoms with Crippen molar-refractivity contribution in [3.8, 4) is 0 Å². The quantitative estimate of drug-likeness (QED) is 0.709. The molecule has 1 heteroatoms. The van der Waals surface area contributed by atoms with Crippen LogP contribution >= 0.6 is 0 Å². The molecule has 0 radical (unpaired) electrons. The molecule has 0 amide bonds. The minimum Gasteiger partial charge on any atom is -0.313 e. The molecule has 112 valence electrons. The zero-order chi connectivity index (χ0) is 14.4. The van der Waals surface area contributed by atoms with Crippen molar-refractivity contribution in [2.75, 3.05) is 6.54 Å². The Hall–Kier alpha value is -0.820. The highest BCUT2D eigenvalue weighted by atomic mass is 14.9. The summed E-state index contributed by atoms with van der Waals surface area (Å²) < 4.78 is 0. The average Bonchev–Trinajstić information content (AvgIpc) is 2.86. The molecule has 0 aliphatic heterocycles. The van der Waals surface area contributed by atoms with E-state index in [9.17, 15) is 0 Å². The van der Waals surface area contributed by atoms with Crippen molar-refractivity contribution < 1.29 is 0 Å². The van der Waals surface area contributed by atoms with Gasteiger partial charge in [0.1, 0.15) is 0 Å². The first kappa shape index (κ1) is 15.6. The van der Waals surface area contributed by atoms with Crippen molar-refractivity contribution in [2.24, 2.45) is 5.92 Å². The number of nitrogens with one attached hydrogen (secondary N) is 1. The average molecular weight is 273 g/mol. The maximum atomic E-state index is 3.83. The zero-order valence-corrected chi connectivity index (χ0v) is 13.5. The lowest BCUT2D eigenvalue weighted by Gasteiger charge is -2.26. The lowest BCUT2D eigenvalue weighted by atomic mass is 9.89. The van der Waals surface area contributed by atoms with Gasteiger partial charge in [-0.15, -0.1) is 0 Å². The summed E-state index contributed by atoms with van der Waals surface area (Å²) in [5, 5.41) is 3.83. The molecule has 20 heavy (non-hydrogen) atoms. The summed E-state index contributed by atoms with van der Waals surface area (Å²) in [6.45, 7) is 8.09. The maximum Gasteiger partial charge on any atom is 0.0136 e. The fourth-order valence-corrected chi connectivity index (χ4v) is 3.53. The van der Waals surface area contributed by atoms with Gasteiger partial charge in [-0.2, -0.15) is 0 Å². The van der Waals surface area contributed by atoms with Crippen molar-refractivity contribution in [3.05, 3.63) is 35.4 Å². The minimum atomic E-state index is 0.678. The summed E-state index contributed by atoms with van der Waals surface area (Å²) >= 11 is 0. The van der Waals surface area contributed by atoms with Crippen LogP contribution < -0.4 is 5.32 Å². The Bertz CT molecular complexity index is 397. The second-order valence-electron chi connectivity index (χ2n) is 6.73. The second-order valence-corrected chi connectivity index (χ2v) is 6.73. The molecular weight excluding hydrogens is 242 g/mol. The van der Waals surface area contributed by atoms with E-state index in [0.29, 0.717) is 6.04 Å². The molecule has 1 aromatic carbocycles. The molecule has 1 aliphatic rings. The predicted octanol–water partition coefficient (Wildman–Crippen LogP) is 4.91. The highest BCUT2D eigenvalue weighted by molar-refractivity contribution is 5.36. The predicted molar refractivity (Wildman–Crippen MR) is 88.3 cm³/mol. The van der Waals surface area contributed by atoms with Crippen LogP contribution in [0.2, 0.25) is 0 Å². The van der Waals surface area contributed by atoms with E-state index in [4.69, 9.17) is 0 Å². The molecule has 0 heterocycles. The van der Waals surface area contributed by atoms with Gasteiger partial charge in [-0.25, -0.2) is 0 Å². The smallest absolute Gasteiger partial charge is 0.0136 e. The van der Waals surface area contributed by atoms with Crippen LogP contribution in [-0.4, -0.2) is 12.6 Å². The van der Waals surface area contributed by atoms with Crippen LogP contribution in [0.1, 0.15) is 69.9 Å². The molecular formula is C19H31N. The lowest BCUT2D eigenvalue weighted by molar-refractivity contribution is 0.381. The Balaban J connectivity index is 1.99. The van der Waals surface area contributed by atoms with E-state index in [1.54, 1.807) is 11.1 Å². The van der Waals surface area contributed by atoms with Crippen molar-refractivity contribution in [2.45, 2.75) is 71.3 Å². The normalized spacial score (nSPS) is 19.3. The fraction of sp³-hybridized carbons (Fsp3) is 0.684. The summed E-state index contributed by atoms with van der Waals surface area (Å²) in [4.78, 5) is 0. The number of rotatable bonds is 8. The molecule has 0 saturated heterocycles. The molecule has 1 N–H and O–H groups in total. The third-order valence-corrected chi connectivity index (χ3v) is 4.62. The highest BCUT2D eigenvalue weighted by Crippen LogP contribution is 2.36. The monoisotopic (exact) mass is 273 g/mol. The van der Waals surface area contributed by atoms with Gasteiger partial charge in [0.25, 0.3) is 0 Å². The van der Waals surface area contributed by atoms with Gasteiger partial charge in [-0.05, 0) is 55.2 Å². The van der Waals surface area contributed by atoms with Gasteiger partial charge >= 0.3 is 0 Å². The van der Waals surface area contributed by atoms with Crippen molar-refractivity contribution in [3.63, 3.8) is 0 Å². The topological polar surface area (TPSA) is 12.0 Å². The van der Waals surface area contributed by atoms with Gasteiger partial charge in [0.05, 0.1) is 0 Å². The number of hydrogen-bond donors (Lipinski definition) is 1. The Labute approximate surface area is 125 Å². The van der Waals surface area contributed by atoms with E-state index in [1.807, 2.05) is 0 Å². The van der Waals surface area contributed by atoms with E-state index in [-0.39, 0.29) is 0 Å². The van der Waals surface area contributed by atoms with Gasteiger partial charge in [-0.3, -0.25) is 0 Å². The SMILES string of the molecule is CCCNC(CCCC(C)C)C1CCc2ccccc21. The summed E-state index contributed by atoms with van der Waals surface area (Å²) in [7, 11) is 0. The van der Waals surface area contributed by atoms with Gasteiger partial charge in [-0.1, -0.05) is 57.9 Å². The minimum absolute atomic E-state index is 0.678. The van der Waals surface area contributed by atoms with Crippen LogP contribution in [0, 0.1) is 5.92 Å². The van der Waals surface area contributed by atoms with Gasteiger partial charge in [0.15, 0.2) is 0 Å². The number of hydrogen-bond acceptors (Lipinski definition) is 1. The lowest BCUT2D eigenvalue weighted by Crippen LogP contribution is -2.34. The number of benzene rings is 1. The highest BCUT2D eigenvalue weighted by Gasteiger charge is 2.28. The van der Waals surface area contributed by atoms with Crippen molar-refractivity contribution >= 4 is 0 Å². The number of fused-ring (bicyclic) bond motifs is 1. The molecule has 0 fully saturated rings. The van der Waals surface area contributed by atoms with E-state index in [2.05, 4.69) is 50.4 Å². The molecule has 0 bridgehead atoms. The first-order valence-corrected chi connectivity index (χ1v) is 8.53. The zero-order valence-electron chi connectivity index (χ0n) is 13.5. The Morgan fingerprint density at radius 1 is 1.20 bits per heavy atom. The molecule has 0 saturated carbocycles. The largest absolute Gasteiger partial charge is 0.313 e. The van der Waals surface area contributed by atoms with E-state index in [1.165, 1.54) is 38.5 Å². The van der Waals surface area contributed by atoms with Crippen LogP contribution in [-0.2, 0) is 6.42 Å². The third-order valence-electron chi connectivity index (χ3n) is 4.62. The molecule has 2 atom stereocenters. The Kier molecular flexibility index (Phi) is 6.09. The van der Waals surface area contributed by atoms with Crippen LogP contribution in [0.4, 0.5) is 0 Å². The van der Waals surface area contributed by atoms with Crippen LogP contribution in [0.5, 0.6) is 0 Å². The van der Waals surface area contributed by atoms with Crippen molar-refractivity contribution in [1.82, 2.24) is 5.32 Å². The van der Waals surface area contributed by atoms with E-state index >= 15 is 0 Å². The van der Waals surface area contributed by atoms with Crippen LogP contribution in [0.3, 0.4) is 0 Å².